The second-order valence-corrected chi connectivity index (χ2v) is 15.7. The summed E-state index contributed by atoms with van der Waals surface area (Å²) >= 11 is 5.70. The summed E-state index contributed by atoms with van der Waals surface area (Å²) in [5, 5.41) is 13.3. The molecule has 0 N–H and O–H groups in total. The summed E-state index contributed by atoms with van der Waals surface area (Å²) in [5.74, 6) is 0. The first-order valence-electron chi connectivity index (χ1n) is 15.9. The van der Waals surface area contributed by atoms with Crippen molar-refractivity contribution in [2.24, 2.45) is 0 Å². The lowest BCUT2D eigenvalue weighted by atomic mass is 9.86. The Kier molecular flexibility index (Phi) is 5.39. The summed E-state index contributed by atoms with van der Waals surface area (Å²) in [6.07, 6.45) is 0. The van der Waals surface area contributed by atoms with Crippen LogP contribution in [0.1, 0.15) is 0 Å². The molecule has 11 aromatic rings. The molecule has 0 bridgehead atoms. The summed E-state index contributed by atoms with van der Waals surface area (Å²) in [5.41, 5.74) is 5.18. The topological polar surface area (TPSA) is 0 Å². The SMILES string of the molecule is c1ccc2c(c1)sc1cc(-c3c4ccccc4c(-c4ccc5c(c4)sc4cc6sc7ccccc7c6cc45)c4ccccc34)ccc12. The second kappa shape index (κ2) is 9.73. The van der Waals surface area contributed by atoms with Crippen LogP contribution >= 0.6 is 34.0 Å². The van der Waals surface area contributed by atoms with Crippen LogP contribution in [-0.2, 0) is 0 Å². The number of fused-ring (bicyclic) bond motifs is 11. The minimum absolute atomic E-state index is 1.27. The maximum atomic E-state index is 2.43. The molecule has 0 amide bonds. The van der Waals surface area contributed by atoms with E-state index < -0.39 is 0 Å². The molecule has 0 aliphatic rings. The molecule has 0 atom stereocenters. The number of thiophene rings is 3. The molecule has 11 rings (SSSR count). The van der Waals surface area contributed by atoms with Gasteiger partial charge in [-0.2, -0.15) is 0 Å². The van der Waals surface area contributed by atoms with Crippen LogP contribution in [0, 0.1) is 0 Å². The Bertz CT molecular complexity index is 3020. The van der Waals surface area contributed by atoms with E-state index >= 15 is 0 Å². The first-order chi connectivity index (χ1) is 23.3. The van der Waals surface area contributed by atoms with Gasteiger partial charge in [0.2, 0.25) is 0 Å². The first kappa shape index (κ1) is 26.1. The molecular weight excluding hydrogens is 625 g/mol. The average Bonchev–Trinajstić information content (AvgIpc) is 3.79. The number of hydrogen-bond acceptors (Lipinski definition) is 3. The fourth-order valence-corrected chi connectivity index (χ4v) is 11.3. The third kappa shape index (κ3) is 3.73. The van der Waals surface area contributed by atoms with E-state index in [4.69, 9.17) is 0 Å². The van der Waals surface area contributed by atoms with Crippen molar-refractivity contribution in [2.45, 2.75) is 0 Å². The van der Waals surface area contributed by atoms with Gasteiger partial charge in [0, 0.05) is 60.5 Å². The Morgan fingerprint density at radius 2 is 0.574 bits per heavy atom. The minimum Gasteiger partial charge on any atom is -0.135 e. The first-order valence-corrected chi connectivity index (χ1v) is 18.4. The average molecular weight is 649 g/mol. The Morgan fingerprint density at radius 1 is 0.234 bits per heavy atom. The Labute approximate surface area is 282 Å². The molecular formula is C44H24S3. The van der Waals surface area contributed by atoms with Crippen molar-refractivity contribution in [2.75, 3.05) is 0 Å². The highest BCUT2D eigenvalue weighted by Gasteiger charge is 2.19. The van der Waals surface area contributed by atoms with Gasteiger partial charge in [0.25, 0.3) is 0 Å². The van der Waals surface area contributed by atoms with E-state index in [2.05, 4.69) is 146 Å². The van der Waals surface area contributed by atoms with Gasteiger partial charge in [0.05, 0.1) is 0 Å². The largest absolute Gasteiger partial charge is 0.135 e. The van der Waals surface area contributed by atoms with E-state index in [9.17, 15) is 0 Å². The zero-order valence-corrected chi connectivity index (χ0v) is 27.5. The molecule has 3 heterocycles. The highest BCUT2D eigenvalue weighted by molar-refractivity contribution is 7.28. The van der Waals surface area contributed by atoms with Crippen LogP contribution in [0.4, 0.5) is 0 Å². The third-order valence-corrected chi connectivity index (χ3v) is 13.2. The molecule has 3 aromatic heterocycles. The van der Waals surface area contributed by atoms with Crippen molar-refractivity contribution in [3.05, 3.63) is 146 Å². The Hall–Kier alpha value is -5.06. The molecule has 218 valence electrons. The Morgan fingerprint density at radius 3 is 1.06 bits per heavy atom. The predicted molar refractivity (Wildman–Crippen MR) is 211 cm³/mol. The molecule has 0 radical (unpaired) electrons. The quantitative estimate of drug-likeness (QED) is 0.164. The standard InChI is InChI=1S/C44H24S3/c1-3-13-33-31(11-1)43(25-17-19-29-27-9-5-7-15-37(27)45-39(29)21-25)32-12-2-4-14-34(32)44(33)26-18-20-30-36-23-35-28-10-6-8-16-38(28)46-41(35)24-42(36)47-40(30)22-26/h1-24H. The van der Waals surface area contributed by atoms with E-state index in [1.165, 1.54) is 104 Å². The highest BCUT2D eigenvalue weighted by atomic mass is 32.1. The normalized spacial score (nSPS) is 12.3. The third-order valence-electron chi connectivity index (χ3n) is 9.86. The summed E-state index contributed by atoms with van der Waals surface area (Å²) in [6, 6.07) is 54.6. The molecule has 3 heteroatoms. The van der Waals surface area contributed by atoms with Gasteiger partial charge in [-0.25, -0.2) is 0 Å². The van der Waals surface area contributed by atoms with Crippen LogP contribution in [0.15, 0.2) is 146 Å². The zero-order valence-electron chi connectivity index (χ0n) is 25.1. The van der Waals surface area contributed by atoms with Crippen LogP contribution in [0.3, 0.4) is 0 Å². The summed E-state index contributed by atoms with van der Waals surface area (Å²) < 4.78 is 8.10. The molecule has 0 saturated heterocycles. The number of rotatable bonds is 2. The van der Waals surface area contributed by atoms with E-state index in [1.807, 2.05) is 34.0 Å². The van der Waals surface area contributed by atoms with Crippen LogP contribution in [-0.4, -0.2) is 0 Å². The molecule has 0 aliphatic carbocycles. The van der Waals surface area contributed by atoms with Gasteiger partial charge < -0.3 is 0 Å². The summed E-state index contributed by atoms with van der Waals surface area (Å²) in [6.45, 7) is 0. The molecule has 0 saturated carbocycles. The van der Waals surface area contributed by atoms with Crippen LogP contribution in [0.5, 0.6) is 0 Å². The smallest absolute Gasteiger partial charge is 0.0369 e. The monoisotopic (exact) mass is 648 g/mol. The van der Waals surface area contributed by atoms with E-state index in [0.29, 0.717) is 0 Å². The summed E-state index contributed by atoms with van der Waals surface area (Å²) in [4.78, 5) is 0. The second-order valence-electron chi connectivity index (χ2n) is 12.4. The van der Waals surface area contributed by atoms with Crippen molar-refractivity contribution >= 4 is 116 Å². The lowest BCUT2D eigenvalue weighted by Crippen LogP contribution is -1.90. The van der Waals surface area contributed by atoms with Gasteiger partial charge in [0.15, 0.2) is 0 Å². The minimum atomic E-state index is 1.27. The van der Waals surface area contributed by atoms with Gasteiger partial charge in [0.1, 0.15) is 0 Å². The number of hydrogen-bond donors (Lipinski definition) is 0. The molecule has 0 nitrogen and oxygen atoms in total. The molecule has 0 unspecified atom stereocenters. The highest BCUT2D eigenvalue weighted by Crippen LogP contribution is 2.47. The maximum absolute atomic E-state index is 2.43. The fourth-order valence-electron chi connectivity index (χ4n) is 7.78. The zero-order chi connectivity index (χ0) is 30.6. The predicted octanol–water partition coefficient (Wildman–Crippen LogP) is 14.4. The van der Waals surface area contributed by atoms with Crippen LogP contribution < -0.4 is 0 Å². The lowest BCUT2D eigenvalue weighted by molar-refractivity contribution is 1.70. The van der Waals surface area contributed by atoms with Crippen molar-refractivity contribution in [1.29, 1.82) is 0 Å². The Balaban J connectivity index is 1.16. The van der Waals surface area contributed by atoms with Crippen molar-refractivity contribution in [1.82, 2.24) is 0 Å². The molecule has 0 aliphatic heterocycles. The van der Waals surface area contributed by atoms with Crippen molar-refractivity contribution < 1.29 is 0 Å². The van der Waals surface area contributed by atoms with Gasteiger partial charge >= 0.3 is 0 Å². The van der Waals surface area contributed by atoms with Crippen LogP contribution in [0.2, 0.25) is 0 Å². The lowest BCUT2D eigenvalue weighted by Gasteiger charge is -2.18. The van der Waals surface area contributed by atoms with Gasteiger partial charge in [-0.05, 0) is 80.2 Å². The van der Waals surface area contributed by atoms with Gasteiger partial charge in [-0.15, -0.1) is 34.0 Å². The summed E-state index contributed by atoms with van der Waals surface area (Å²) in [7, 11) is 0. The molecule has 47 heavy (non-hydrogen) atoms. The van der Waals surface area contributed by atoms with Crippen molar-refractivity contribution in [3.8, 4) is 22.3 Å². The van der Waals surface area contributed by atoms with E-state index in [-0.39, 0.29) is 0 Å². The fraction of sp³-hybridized carbons (Fsp3) is 0. The molecule has 0 fully saturated rings. The van der Waals surface area contributed by atoms with Gasteiger partial charge in [-0.1, -0.05) is 109 Å². The van der Waals surface area contributed by atoms with E-state index in [1.54, 1.807) is 0 Å². The van der Waals surface area contributed by atoms with Crippen molar-refractivity contribution in [3.63, 3.8) is 0 Å². The maximum Gasteiger partial charge on any atom is 0.0369 e. The van der Waals surface area contributed by atoms with E-state index in [0.717, 1.165) is 0 Å². The number of benzene rings is 8. The van der Waals surface area contributed by atoms with Gasteiger partial charge in [-0.3, -0.25) is 0 Å². The van der Waals surface area contributed by atoms with Crippen LogP contribution in [0.25, 0.3) is 104 Å². The molecule has 8 aromatic carbocycles. The molecule has 0 spiro atoms.